The first kappa shape index (κ1) is 19.2. The first-order chi connectivity index (χ1) is 13.4. The number of hydrogen-bond donors (Lipinski definition) is 2. The van der Waals surface area contributed by atoms with Crippen LogP contribution in [0.15, 0.2) is 60.9 Å². The standard InChI is InChI=1S/C22H22N4O2/c1-14(2)18-9-4-5-10-19(18)26-22(28)20-12-21(24-13-23-20)25-17-8-6-7-16(11-17)15(3)27/h4-14H,1-3H3,(H,26,28)(H,23,24,25). The van der Waals surface area contributed by atoms with Gasteiger partial charge in [0.1, 0.15) is 17.8 Å². The van der Waals surface area contributed by atoms with Gasteiger partial charge < -0.3 is 10.6 Å². The predicted molar refractivity (Wildman–Crippen MR) is 110 cm³/mol. The number of benzene rings is 2. The summed E-state index contributed by atoms with van der Waals surface area (Å²) in [6.07, 6.45) is 1.33. The molecule has 1 aromatic heterocycles. The third-order valence-corrected chi connectivity index (χ3v) is 4.27. The summed E-state index contributed by atoms with van der Waals surface area (Å²) in [5, 5.41) is 6.03. The van der Waals surface area contributed by atoms with Gasteiger partial charge in [0.15, 0.2) is 5.78 Å². The van der Waals surface area contributed by atoms with E-state index in [-0.39, 0.29) is 23.3 Å². The van der Waals surface area contributed by atoms with Gasteiger partial charge in [-0.15, -0.1) is 0 Å². The lowest BCUT2D eigenvalue weighted by atomic mass is 10.0. The normalized spacial score (nSPS) is 10.6. The van der Waals surface area contributed by atoms with Gasteiger partial charge in [-0.25, -0.2) is 9.97 Å². The van der Waals surface area contributed by atoms with E-state index in [1.165, 1.54) is 13.3 Å². The lowest BCUT2D eigenvalue weighted by Gasteiger charge is -2.13. The number of carbonyl (C=O) groups excluding carboxylic acids is 2. The number of ketones is 1. The highest BCUT2D eigenvalue weighted by atomic mass is 16.2. The molecule has 0 saturated heterocycles. The fourth-order valence-corrected chi connectivity index (χ4v) is 2.81. The zero-order valence-electron chi connectivity index (χ0n) is 16.1. The van der Waals surface area contributed by atoms with Crippen LogP contribution in [0.1, 0.15) is 53.1 Å². The SMILES string of the molecule is CC(=O)c1cccc(Nc2cc(C(=O)Nc3ccccc3C(C)C)ncn2)c1. The van der Waals surface area contributed by atoms with Crippen molar-refractivity contribution in [1.82, 2.24) is 9.97 Å². The maximum Gasteiger partial charge on any atom is 0.274 e. The topological polar surface area (TPSA) is 84.0 Å². The minimum Gasteiger partial charge on any atom is -0.340 e. The van der Waals surface area contributed by atoms with Crippen LogP contribution in [0.3, 0.4) is 0 Å². The highest BCUT2D eigenvalue weighted by Crippen LogP contribution is 2.24. The average Bonchev–Trinajstić information content (AvgIpc) is 2.68. The van der Waals surface area contributed by atoms with Crippen molar-refractivity contribution in [2.45, 2.75) is 26.7 Å². The maximum absolute atomic E-state index is 12.7. The number of amides is 1. The molecule has 2 aromatic carbocycles. The molecule has 1 heterocycles. The van der Waals surface area contributed by atoms with Crippen LogP contribution < -0.4 is 10.6 Å². The molecule has 0 saturated carbocycles. The van der Waals surface area contributed by atoms with Gasteiger partial charge in [0.2, 0.25) is 0 Å². The van der Waals surface area contributed by atoms with Crippen LogP contribution in [0.25, 0.3) is 0 Å². The van der Waals surface area contributed by atoms with Crippen LogP contribution in [-0.4, -0.2) is 21.7 Å². The fourth-order valence-electron chi connectivity index (χ4n) is 2.81. The van der Waals surface area contributed by atoms with E-state index in [1.54, 1.807) is 24.3 Å². The summed E-state index contributed by atoms with van der Waals surface area (Å²) >= 11 is 0. The van der Waals surface area contributed by atoms with Gasteiger partial charge in [0, 0.05) is 23.0 Å². The van der Waals surface area contributed by atoms with Crippen molar-refractivity contribution in [2.24, 2.45) is 0 Å². The summed E-state index contributed by atoms with van der Waals surface area (Å²) < 4.78 is 0. The first-order valence-electron chi connectivity index (χ1n) is 9.04. The van der Waals surface area contributed by atoms with Crippen molar-refractivity contribution in [1.29, 1.82) is 0 Å². The van der Waals surface area contributed by atoms with E-state index in [1.807, 2.05) is 30.3 Å². The minimum atomic E-state index is -0.309. The van der Waals surface area contributed by atoms with Gasteiger partial charge in [-0.2, -0.15) is 0 Å². The van der Waals surface area contributed by atoms with Crippen LogP contribution >= 0.6 is 0 Å². The number of para-hydroxylation sites is 1. The molecule has 0 unspecified atom stereocenters. The van der Waals surface area contributed by atoms with E-state index in [0.717, 1.165) is 11.3 Å². The molecule has 28 heavy (non-hydrogen) atoms. The maximum atomic E-state index is 12.7. The Morgan fingerprint density at radius 2 is 1.75 bits per heavy atom. The van der Waals surface area contributed by atoms with E-state index in [9.17, 15) is 9.59 Å². The van der Waals surface area contributed by atoms with E-state index < -0.39 is 0 Å². The summed E-state index contributed by atoms with van der Waals surface area (Å²) in [5.74, 6) is 0.428. The van der Waals surface area contributed by atoms with E-state index in [0.29, 0.717) is 17.1 Å². The van der Waals surface area contributed by atoms with Crippen LogP contribution in [0.2, 0.25) is 0 Å². The summed E-state index contributed by atoms with van der Waals surface area (Å²) in [5.41, 5.74) is 3.39. The Morgan fingerprint density at radius 1 is 0.964 bits per heavy atom. The summed E-state index contributed by atoms with van der Waals surface area (Å²) in [4.78, 5) is 32.4. The molecule has 142 valence electrons. The largest absolute Gasteiger partial charge is 0.340 e. The number of aromatic nitrogens is 2. The number of Topliss-reactive ketones (excluding diaryl/α,β-unsaturated/α-hetero) is 1. The highest BCUT2D eigenvalue weighted by Gasteiger charge is 2.13. The van der Waals surface area contributed by atoms with Gasteiger partial charge in [0.25, 0.3) is 5.91 Å². The van der Waals surface area contributed by atoms with Crippen LogP contribution in [-0.2, 0) is 0 Å². The summed E-state index contributed by atoms with van der Waals surface area (Å²) in [6, 6.07) is 16.4. The molecule has 1 amide bonds. The number of anilines is 3. The summed E-state index contributed by atoms with van der Waals surface area (Å²) in [7, 11) is 0. The smallest absolute Gasteiger partial charge is 0.274 e. The molecule has 6 nitrogen and oxygen atoms in total. The van der Waals surface area contributed by atoms with E-state index >= 15 is 0 Å². The van der Waals surface area contributed by atoms with Gasteiger partial charge >= 0.3 is 0 Å². The Labute approximate surface area is 164 Å². The second kappa shape index (κ2) is 8.43. The predicted octanol–water partition coefficient (Wildman–Crippen LogP) is 4.80. The molecule has 2 N–H and O–H groups in total. The van der Waals surface area contributed by atoms with Crippen molar-refractivity contribution in [3.8, 4) is 0 Å². The second-order valence-electron chi connectivity index (χ2n) is 6.75. The number of rotatable bonds is 6. The Balaban J connectivity index is 1.79. The van der Waals surface area contributed by atoms with Crippen LogP contribution in [0.5, 0.6) is 0 Å². The monoisotopic (exact) mass is 374 g/mol. The van der Waals surface area contributed by atoms with Crippen LogP contribution in [0, 0.1) is 0 Å². The first-order valence-corrected chi connectivity index (χ1v) is 9.04. The molecule has 0 fully saturated rings. The quantitative estimate of drug-likeness (QED) is 0.606. The van der Waals surface area contributed by atoms with Gasteiger partial charge in [-0.3, -0.25) is 9.59 Å². The lowest BCUT2D eigenvalue weighted by Crippen LogP contribution is -2.15. The molecule has 0 bridgehead atoms. The Bertz CT molecular complexity index is 1010. The van der Waals surface area contributed by atoms with Crippen molar-refractivity contribution in [2.75, 3.05) is 10.6 Å². The number of carbonyl (C=O) groups is 2. The minimum absolute atomic E-state index is 0.0183. The molecule has 0 radical (unpaired) electrons. The summed E-state index contributed by atoms with van der Waals surface area (Å²) in [6.45, 7) is 5.67. The highest BCUT2D eigenvalue weighted by molar-refractivity contribution is 6.03. The fraction of sp³-hybridized carbons (Fsp3) is 0.182. The molecule has 0 atom stereocenters. The van der Waals surface area contributed by atoms with Crippen molar-refractivity contribution in [3.05, 3.63) is 77.7 Å². The van der Waals surface area contributed by atoms with E-state index in [4.69, 9.17) is 0 Å². The second-order valence-corrected chi connectivity index (χ2v) is 6.75. The van der Waals surface area contributed by atoms with E-state index in [2.05, 4.69) is 34.4 Å². The third-order valence-electron chi connectivity index (χ3n) is 4.27. The van der Waals surface area contributed by atoms with Crippen molar-refractivity contribution >= 4 is 28.9 Å². The third kappa shape index (κ3) is 4.59. The molecule has 6 heteroatoms. The van der Waals surface area contributed by atoms with Gasteiger partial charge in [-0.05, 0) is 36.6 Å². The number of nitrogens with zero attached hydrogens (tertiary/aromatic N) is 2. The molecule has 3 rings (SSSR count). The molecular weight excluding hydrogens is 352 g/mol. The van der Waals surface area contributed by atoms with Crippen molar-refractivity contribution < 1.29 is 9.59 Å². The zero-order chi connectivity index (χ0) is 20.1. The Hall–Kier alpha value is -3.54. The number of nitrogens with one attached hydrogen (secondary N) is 2. The van der Waals surface area contributed by atoms with Crippen LogP contribution in [0.4, 0.5) is 17.2 Å². The molecule has 0 aliphatic heterocycles. The Morgan fingerprint density at radius 3 is 2.50 bits per heavy atom. The lowest BCUT2D eigenvalue weighted by molar-refractivity contribution is 0.101. The van der Waals surface area contributed by atoms with Gasteiger partial charge in [-0.1, -0.05) is 44.2 Å². The zero-order valence-corrected chi connectivity index (χ0v) is 16.1. The van der Waals surface area contributed by atoms with Gasteiger partial charge in [0.05, 0.1) is 0 Å². The number of hydrogen-bond acceptors (Lipinski definition) is 5. The van der Waals surface area contributed by atoms with Crippen molar-refractivity contribution in [3.63, 3.8) is 0 Å². The Kier molecular flexibility index (Phi) is 5.79. The molecule has 0 aliphatic carbocycles. The molecule has 3 aromatic rings. The average molecular weight is 374 g/mol. The molecule has 0 spiro atoms. The molecular formula is C22H22N4O2. The molecule has 0 aliphatic rings.